The first kappa shape index (κ1) is 27.8. The summed E-state index contributed by atoms with van der Waals surface area (Å²) in [6.07, 6.45) is 3.33. The number of nitrogens with zero attached hydrogens (tertiary/aromatic N) is 3. The van der Waals surface area contributed by atoms with E-state index in [9.17, 15) is 9.59 Å². The van der Waals surface area contributed by atoms with Crippen molar-refractivity contribution >= 4 is 5.91 Å². The highest BCUT2D eigenvalue weighted by molar-refractivity contribution is 6.02. The summed E-state index contributed by atoms with van der Waals surface area (Å²) in [4.78, 5) is 26.9. The zero-order valence-corrected chi connectivity index (χ0v) is 23.7. The SMILES string of the molecule is CCCCc1c(-c2c(C)n(C)n(-c3ccccc3)c2=O)c(C(N)=O)c(C)n1CCc1ccc(OC)c(OC)c1. The number of hydrogen-bond acceptors (Lipinski definition) is 4. The van der Waals surface area contributed by atoms with Gasteiger partial charge in [-0.15, -0.1) is 0 Å². The summed E-state index contributed by atoms with van der Waals surface area (Å²) in [7, 11) is 5.10. The number of para-hydroxylation sites is 1. The Morgan fingerprint density at radius 3 is 2.23 bits per heavy atom. The number of primary amides is 1. The molecule has 0 bridgehead atoms. The molecule has 1 amide bonds. The molecule has 0 aliphatic rings. The highest BCUT2D eigenvalue weighted by Crippen LogP contribution is 2.35. The van der Waals surface area contributed by atoms with Gasteiger partial charge in [-0.3, -0.25) is 14.3 Å². The van der Waals surface area contributed by atoms with Crippen LogP contribution in [0.3, 0.4) is 0 Å². The molecule has 8 nitrogen and oxygen atoms in total. The highest BCUT2D eigenvalue weighted by Gasteiger charge is 2.30. The Kier molecular flexibility index (Phi) is 8.33. The van der Waals surface area contributed by atoms with Crippen LogP contribution in [0.5, 0.6) is 11.5 Å². The number of carbonyl (C=O) groups is 1. The number of ether oxygens (including phenoxy) is 2. The molecule has 0 spiro atoms. The molecule has 2 heterocycles. The predicted octanol–water partition coefficient (Wildman–Crippen LogP) is 4.96. The molecule has 206 valence electrons. The molecule has 2 N–H and O–H groups in total. The van der Waals surface area contributed by atoms with Crippen molar-refractivity contribution in [3.8, 4) is 28.3 Å². The maximum atomic E-state index is 14.0. The van der Waals surface area contributed by atoms with Crippen LogP contribution in [0.4, 0.5) is 0 Å². The minimum absolute atomic E-state index is 0.168. The normalized spacial score (nSPS) is 11.1. The molecule has 4 rings (SSSR count). The summed E-state index contributed by atoms with van der Waals surface area (Å²) in [5.41, 5.74) is 11.8. The Labute approximate surface area is 229 Å². The summed E-state index contributed by atoms with van der Waals surface area (Å²) in [6.45, 7) is 6.59. The summed E-state index contributed by atoms with van der Waals surface area (Å²) in [5.74, 6) is 0.818. The minimum atomic E-state index is -0.529. The largest absolute Gasteiger partial charge is 0.493 e. The molecule has 0 unspecified atom stereocenters. The van der Waals surface area contributed by atoms with Crippen molar-refractivity contribution in [1.29, 1.82) is 0 Å². The topological polar surface area (TPSA) is 93.4 Å². The molecule has 0 fully saturated rings. The molecule has 0 saturated heterocycles. The van der Waals surface area contributed by atoms with Crippen molar-refractivity contribution in [2.24, 2.45) is 12.8 Å². The van der Waals surface area contributed by atoms with Crippen LogP contribution in [0, 0.1) is 13.8 Å². The lowest BCUT2D eigenvalue weighted by atomic mass is 9.98. The Morgan fingerprint density at radius 1 is 0.923 bits per heavy atom. The number of hydrogen-bond donors (Lipinski definition) is 1. The van der Waals surface area contributed by atoms with Crippen molar-refractivity contribution in [2.45, 2.75) is 53.0 Å². The van der Waals surface area contributed by atoms with Gasteiger partial charge in [0.25, 0.3) is 11.5 Å². The molecule has 4 aromatic rings. The molecular formula is C31H38N4O4. The van der Waals surface area contributed by atoms with Crippen LogP contribution in [-0.2, 0) is 26.4 Å². The van der Waals surface area contributed by atoms with Gasteiger partial charge in [0.1, 0.15) is 0 Å². The molecule has 2 aromatic heterocycles. The zero-order chi connectivity index (χ0) is 28.3. The lowest BCUT2D eigenvalue weighted by molar-refractivity contribution is 0.1000. The lowest BCUT2D eigenvalue weighted by Crippen LogP contribution is -2.21. The van der Waals surface area contributed by atoms with Gasteiger partial charge in [-0.2, -0.15) is 0 Å². The van der Waals surface area contributed by atoms with Crippen LogP contribution < -0.4 is 20.8 Å². The number of aromatic nitrogens is 3. The summed E-state index contributed by atoms with van der Waals surface area (Å²) in [6, 6.07) is 15.4. The van der Waals surface area contributed by atoms with E-state index >= 15 is 0 Å². The van der Waals surface area contributed by atoms with Gasteiger partial charge in [0.05, 0.1) is 31.0 Å². The number of unbranched alkanes of at least 4 members (excludes halogenated alkanes) is 1. The van der Waals surface area contributed by atoms with E-state index in [4.69, 9.17) is 15.2 Å². The van der Waals surface area contributed by atoms with Crippen LogP contribution in [0.25, 0.3) is 16.8 Å². The number of amides is 1. The first-order valence-corrected chi connectivity index (χ1v) is 13.3. The molecule has 0 radical (unpaired) electrons. The van der Waals surface area contributed by atoms with E-state index in [2.05, 4.69) is 11.5 Å². The number of methoxy groups -OCH3 is 2. The van der Waals surface area contributed by atoms with Crippen molar-refractivity contribution in [2.75, 3.05) is 14.2 Å². The van der Waals surface area contributed by atoms with Gasteiger partial charge in [-0.1, -0.05) is 37.6 Å². The van der Waals surface area contributed by atoms with Crippen molar-refractivity contribution in [3.63, 3.8) is 0 Å². The molecule has 8 heteroatoms. The monoisotopic (exact) mass is 530 g/mol. The Morgan fingerprint density at radius 2 is 1.62 bits per heavy atom. The fraction of sp³-hybridized carbons (Fsp3) is 0.355. The van der Waals surface area contributed by atoms with E-state index in [0.29, 0.717) is 41.2 Å². The van der Waals surface area contributed by atoms with Crippen molar-refractivity contribution in [3.05, 3.63) is 87.1 Å². The lowest BCUT2D eigenvalue weighted by Gasteiger charge is -2.14. The van der Waals surface area contributed by atoms with Crippen LogP contribution in [0.2, 0.25) is 0 Å². The van der Waals surface area contributed by atoms with Gasteiger partial charge in [0, 0.05) is 36.2 Å². The predicted molar refractivity (Wildman–Crippen MR) is 154 cm³/mol. The third kappa shape index (κ3) is 5.11. The number of carbonyl (C=O) groups excluding carboxylic acids is 1. The number of benzene rings is 2. The molecule has 39 heavy (non-hydrogen) atoms. The summed E-state index contributed by atoms with van der Waals surface area (Å²) in [5, 5.41) is 0. The van der Waals surface area contributed by atoms with Crippen molar-refractivity contribution < 1.29 is 14.3 Å². The molecule has 0 atom stereocenters. The van der Waals surface area contributed by atoms with E-state index < -0.39 is 5.91 Å². The minimum Gasteiger partial charge on any atom is -0.493 e. The molecule has 0 saturated carbocycles. The zero-order valence-electron chi connectivity index (χ0n) is 23.7. The molecular weight excluding hydrogens is 492 g/mol. The number of nitrogens with two attached hydrogens (primary N) is 1. The van der Waals surface area contributed by atoms with Gasteiger partial charge in [-0.25, -0.2) is 4.68 Å². The third-order valence-electron chi connectivity index (χ3n) is 7.52. The first-order chi connectivity index (χ1) is 18.7. The number of rotatable bonds is 11. The second-order valence-electron chi connectivity index (χ2n) is 9.78. The molecule has 0 aliphatic carbocycles. The van der Waals surface area contributed by atoms with Gasteiger partial charge < -0.3 is 19.8 Å². The number of aryl methyl sites for hydroxylation is 1. The van der Waals surface area contributed by atoms with Gasteiger partial charge in [0.15, 0.2) is 11.5 Å². The van der Waals surface area contributed by atoms with Gasteiger partial charge >= 0.3 is 0 Å². The smallest absolute Gasteiger partial charge is 0.279 e. The van der Waals surface area contributed by atoms with Crippen molar-refractivity contribution in [1.82, 2.24) is 13.9 Å². The summed E-state index contributed by atoms with van der Waals surface area (Å²) >= 11 is 0. The average molecular weight is 531 g/mol. The Hall–Kier alpha value is -4.20. The molecule has 0 aliphatic heterocycles. The van der Waals surface area contributed by atoms with Gasteiger partial charge in [0.2, 0.25) is 0 Å². The highest BCUT2D eigenvalue weighted by atomic mass is 16.5. The van der Waals surface area contributed by atoms with Crippen LogP contribution in [0.1, 0.15) is 52.8 Å². The fourth-order valence-electron chi connectivity index (χ4n) is 5.41. The Bertz CT molecular complexity index is 1540. The summed E-state index contributed by atoms with van der Waals surface area (Å²) < 4.78 is 16.5. The van der Waals surface area contributed by atoms with Gasteiger partial charge in [-0.05, 0) is 62.9 Å². The maximum Gasteiger partial charge on any atom is 0.279 e. The molecule has 2 aromatic carbocycles. The second-order valence-corrected chi connectivity index (χ2v) is 9.78. The van der Waals surface area contributed by atoms with E-state index in [0.717, 1.165) is 47.6 Å². The Balaban J connectivity index is 1.89. The fourth-order valence-corrected chi connectivity index (χ4v) is 5.41. The first-order valence-electron chi connectivity index (χ1n) is 13.3. The van der Waals surface area contributed by atoms with Crippen LogP contribution in [-0.4, -0.2) is 34.1 Å². The third-order valence-corrected chi connectivity index (χ3v) is 7.52. The second kappa shape index (κ2) is 11.7. The van der Waals surface area contributed by atoms with E-state index in [1.807, 2.05) is 74.1 Å². The van der Waals surface area contributed by atoms with E-state index in [-0.39, 0.29) is 5.56 Å². The van der Waals surface area contributed by atoms with Crippen LogP contribution >= 0.6 is 0 Å². The van der Waals surface area contributed by atoms with E-state index in [1.54, 1.807) is 18.9 Å². The quantitative estimate of drug-likeness (QED) is 0.297. The van der Waals surface area contributed by atoms with E-state index in [1.165, 1.54) is 0 Å². The standard InChI is InChI=1S/C31H38N4O4/c1-7-8-14-24-29(28-20(2)33(4)35(31(28)37)23-12-10-9-11-13-23)27(30(32)36)21(3)34(24)18-17-22-15-16-25(38-5)26(19-22)39-6/h9-13,15-16,19H,7-8,14,17-18H2,1-6H3,(H2,32,36). The average Bonchev–Trinajstić information content (AvgIpc) is 3.33. The van der Waals surface area contributed by atoms with Crippen LogP contribution in [0.15, 0.2) is 53.3 Å². The maximum absolute atomic E-state index is 14.0.